The Kier molecular flexibility index (Phi) is 3.99. The van der Waals surface area contributed by atoms with E-state index < -0.39 is 0 Å². The van der Waals surface area contributed by atoms with Crippen LogP contribution < -0.4 is 0 Å². The molecule has 2 aromatic heterocycles. The summed E-state index contributed by atoms with van der Waals surface area (Å²) in [5.41, 5.74) is 4.55. The van der Waals surface area contributed by atoms with Crippen LogP contribution in [0, 0.1) is 6.92 Å². The Balaban J connectivity index is 1.29. The summed E-state index contributed by atoms with van der Waals surface area (Å²) in [5, 5.41) is 19.0. The molecule has 1 atom stereocenters. The number of amides is 1. The average molecular weight is 377 g/mol. The maximum atomic E-state index is 13.0. The van der Waals surface area contributed by atoms with Crippen LogP contribution in [0.15, 0.2) is 30.5 Å². The van der Waals surface area contributed by atoms with Crippen molar-refractivity contribution in [2.24, 2.45) is 0 Å². The number of H-pyrrole nitrogens is 1. The van der Waals surface area contributed by atoms with Gasteiger partial charge in [-0.1, -0.05) is 12.1 Å². The van der Waals surface area contributed by atoms with Crippen LogP contribution in [0.2, 0.25) is 0 Å². The van der Waals surface area contributed by atoms with Crippen molar-refractivity contribution in [1.82, 2.24) is 35.3 Å². The molecular formula is C20H23N7O. The molecule has 1 aromatic carbocycles. The van der Waals surface area contributed by atoms with E-state index in [9.17, 15) is 4.79 Å². The quantitative estimate of drug-likeness (QED) is 0.751. The van der Waals surface area contributed by atoms with Crippen LogP contribution in [-0.4, -0.2) is 54.3 Å². The molecular weight excluding hydrogens is 354 g/mol. The van der Waals surface area contributed by atoms with Crippen LogP contribution in [0.1, 0.15) is 41.9 Å². The monoisotopic (exact) mass is 377 g/mol. The molecule has 1 fully saturated rings. The van der Waals surface area contributed by atoms with Gasteiger partial charge in [-0.05, 0) is 66.3 Å². The van der Waals surface area contributed by atoms with Crippen LogP contribution in [-0.2, 0) is 23.1 Å². The smallest absolute Gasteiger partial charge is 0.227 e. The molecule has 1 spiro atoms. The predicted molar refractivity (Wildman–Crippen MR) is 102 cm³/mol. The molecule has 1 aliphatic heterocycles. The van der Waals surface area contributed by atoms with Gasteiger partial charge in [-0.25, -0.2) is 0 Å². The number of aromatic nitrogens is 6. The van der Waals surface area contributed by atoms with E-state index in [4.69, 9.17) is 0 Å². The minimum atomic E-state index is 0.0707. The lowest BCUT2D eigenvalue weighted by molar-refractivity contribution is -0.132. The number of likely N-dealkylation sites (tertiary alicyclic amines) is 1. The third-order valence-corrected chi connectivity index (χ3v) is 6.21. The lowest BCUT2D eigenvalue weighted by Crippen LogP contribution is -2.48. The number of carbonyl (C=O) groups is 1. The Morgan fingerprint density at radius 3 is 2.89 bits per heavy atom. The van der Waals surface area contributed by atoms with E-state index >= 15 is 0 Å². The summed E-state index contributed by atoms with van der Waals surface area (Å²) >= 11 is 0. The lowest BCUT2D eigenvalue weighted by Gasteiger charge is -2.40. The van der Waals surface area contributed by atoms with Gasteiger partial charge in [0.05, 0.1) is 18.3 Å². The SMILES string of the molecule is Cc1nnnn1-c1ccc(CC(=O)N2CCCC3(CCc4cn[nH]c43)C2)cc1. The molecule has 0 bridgehead atoms. The first-order valence-corrected chi connectivity index (χ1v) is 9.79. The molecule has 1 saturated heterocycles. The number of carbonyl (C=O) groups excluding carboxylic acids is 1. The second-order valence-electron chi connectivity index (χ2n) is 7.95. The largest absolute Gasteiger partial charge is 0.341 e. The first kappa shape index (κ1) is 17.1. The molecule has 3 heterocycles. The van der Waals surface area contributed by atoms with Gasteiger partial charge in [-0.3, -0.25) is 9.89 Å². The van der Waals surface area contributed by atoms with Crippen LogP contribution in [0.3, 0.4) is 0 Å². The average Bonchev–Trinajstić information content (AvgIpc) is 3.42. The number of rotatable bonds is 3. The third-order valence-electron chi connectivity index (χ3n) is 6.21. The van der Waals surface area contributed by atoms with Crippen molar-refractivity contribution >= 4 is 5.91 Å². The van der Waals surface area contributed by atoms with Gasteiger partial charge in [-0.15, -0.1) is 5.10 Å². The molecule has 0 radical (unpaired) electrons. The second kappa shape index (κ2) is 6.54. The van der Waals surface area contributed by atoms with Crippen LogP contribution in [0.25, 0.3) is 5.69 Å². The fraction of sp³-hybridized carbons (Fsp3) is 0.450. The summed E-state index contributed by atoms with van der Waals surface area (Å²) in [6.07, 6.45) is 6.71. The Bertz CT molecular complexity index is 1010. The fourth-order valence-electron chi connectivity index (χ4n) is 4.72. The van der Waals surface area contributed by atoms with Gasteiger partial charge < -0.3 is 4.90 Å². The molecule has 1 aliphatic carbocycles. The van der Waals surface area contributed by atoms with E-state index in [1.807, 2.05) is 42.3 Å². The maximum Gasteiger partial charge on any atom is 0.227 e. The molecule has 1 unspecified atom stereocenters. The Hall–Kier alpha value is -3.03. The number of nitrogens with zero attached hydrogens (tertiary/aromatic N) is 6. The van der Waals surface area contributed by atoms with Crippen molar-refractivity contribution in [2.45, 2.75) is 44.4 Å². The number of tetrazole rings is 1. The van der Waals surface area contributed by atoms with E-state index in [0.717, 1.165) is 55.8 Å². The molecule has 1 N–H and O–H groups in total. The van der Waals surface area contributed by atoms with Crippen LogP contribution in [0.5, 0.6) is 0 Å². The molecule has 3 aromatic rings. The number of fused-ring (bicyclic) bond motifs is 2. The summed E-state index contributed by atoms with van der Waals surface area (Å²) < 4.78 is 1.68. The maximum absolute atomic E-state index is 13.0. The highest BCUT2D eigenvalue weighted by atomic mass is 16.2. The van der Waals surface area contributed by atoms with Crippen molar-refractivity contribution in [3.63, 3.8) is 0 Å². The van der Waals surface area contributed by atoms with Gasteiger partial charge in [0.25, 0.3) is 0 Å². The second-order valence-corrected chi connectivity index (χ2v) is 7.95. The zero-order chi connectivity index (χ0) is 19.1. The van der Waals surface area contributed by atoms with Crippen molar-refractivity contribution in [3.8, 4) is 5.69 Å². The fourth-order valence-corrected chi connectivity index (χ4v) is 4.72. The minimum absolute atomic E-state index is 0.0707. The normalized spacial score (nSPS) is 21.2. The van der Waals surface area contributed by atoms with Gasteiger partial charge in [0, 0.05) is 24.2 Å². The Morgan fingerprint density at radius 1 is 1.25 bits per heavy atom. The van der Waals surface area contributed by atoms with Gasteiger partial charge >= 0.3 is 0 Å². The standard InChI is InChI=1S/C20H23N7O/c1-14-22-24-25-27(14)17-5-3-15(4-6-17)11-18(28)26-10-2-8-20(13-26)9-7-16-12-21-23-19(16)20/h3-6,12H,2,7-11,13H2,1H3,(H,21,23). The minimum Gasteiger partial charge on any atom is -0.341 e. The van der Waals surface area contributed by atoms with Crippen molar-refractivity contribution < 1.29 is 4.79 Å². The molecule has 28 heavy (non-hydrogen) atoms. The number of nitrogens with one attached hydrogen (secondary N) is 1. The number of benzene rings is 1. The molecule has 144 valence electrons. The third kappa shape index (κ3) is 2.80. The van der Waals surface area contributed by atoms with E-state index in [2.05, 4.69) is 25.7 Å². The molecule has 0 saturated carbocycles. The van der Waals surface area contributed by atoms with E-state index in [0.29, 0.717) is 6.42 Å². The van der Waals surface area contributed by atoms with Crippen molar-refractivity contribution in [3.05, 3.63) is 53.1 Å². The predicted octanol–water partition coefficient (Wildman–Crippen LogP) is 1.74. The molecule has 8 heteroatoms. The number of hydrogen-bond donors (Lipinski definition) is 1. The zero-order valence-electron chi connectivity index (χ0n) is 15.9. The molecule has 2 aliphatic rings. The summed E-state index contributed by atoms with van der Waals surface area (Å²) in [5.74, 6) is 0.926. The van der Waals surface area contributed by atoms with Crippen molar-refractivity contribution in [1.29, 1.82) is 0 Å². The van der Waals surface area contributed by atoms with Gasteiger partial charge in [0.2, 0.25) is 5.91 Å². The van der Waals surface area contributed by atoms with Gasteiger partial charge in [-0.2, -0.15) is 9.78 Å². The topological polar surface area (TPSA) is 92.6 Å². The van der Waals surface area contributed by atoms with Gasteiger partial charge in [0.1, 0.15) is 0 Å². The first-order valence-electron chi connectivity index (χ1n) is 9.79. The number of aryl methyl sites for hydroxylation is 2. The highest BCUT2D eigenvalue weighted by molar-refractivity contribution is 5.79. The van der Waals surface area contributed by atoms with Crippen molar-refractivity contribution in [2.75, 3.05) is 13.1 Å². The summed E-state index contributed by atoms with van der Waals surface area (Å²) in [6, 6.07) is 7.88. The number of hydrogen-bond acceptors (Lipinski definition) is 5. The number of piperidine rings is 1. The Morgan fingerprint density at radius 2 is 2.11 bits per heavy atom. The van der Waals surface area contributed by atoms with Crippen LogP contribution >= 0.6 is 0 Å². The summed E-state index contributed by atoms with van der Waals surface area (Å²) in [7, 11) is 0. The molecule has 5 rings (SSSR count). The number of aromatic amines is 1. The highest BCUT2D eigenvalue weighted by Crippen LogP contribution is 2.43. The first-order chi connectivity index (χ1) is 13.6. The van der Waals surface area contributed by atoms with E-state index in [1.54, 1.807) is 4.68 Å². The summed E-state index contributed by atoms with van der Waals surface area (Å²) in [6.45, 7) is 3.49. The Labute approximate surface area is 162 Å². The van der Waals surface area contributed by atoms with E-state index in [1.165, 1.54) is 11.3 Å². The highest BCUT2D eigenvalue weighted by Gasteiger charge is 2.44. The molecule has 1 amide bonds. The van der Waals surface area contributed by atoms with Gasteiger partial charge in [0.15, 0.2) is 5.82 Å². The van der Waals surface area contributed by atoms with Crippen LogP contribution in [0.4, 0.5) is 0 Å². The lowest BCUT2D eigenvalue weighted by atomic mass is 9.77. The summed E-state index contributed by atoms with van der Waals surface area (Å²) in [4.78, 5) is 15.0. The van der Waals surface area contributed by atoms with E-state index in [-0.39, 0.29) is 11.3 Å². The zero-order valence-corrected chi connectivity index (χ0v) is 15.9. The molecule has 8 nitrogen and oxygen atoms in total.